The van der Waals surface area contributed by atoms with E-state index in [9.17, 15) is 4.79 Å². The molecule has 2 N–H and O–H groups in total. The molecule has 0 amide bonds. The van der Waals surface area contributed by atoms with Gasteiger partial charge in [0.2, 0.25) is 0 Å². The zero-order chi connectivity index (χ0) is 14.9. The minimum atomic E-state index is -0.863. The Morgan fingerprint density at radius 1 is 1.21 bits per heavy atom. The number of carbonyl (C=O) groups excluding carboxylic acids is 1. The Labute approximate surface area is 118 Å². The monoisotopic (exact) mass is 273 g/mol. The third kappa shape index (κ3) is 8.18. The lowest BCUT2D eigenvalue weighted by Crippen LogP contribution is -2.46. The van der Waals surface area contributed by atoms with Crippen molar-refractivity contribution in [2.75, 3.05) is 47.4 Å². The number of ether oxygens (including phenoxy) is 1. The molecule has 1 atom stereocenters. The van der Waals surface area contributed by atoms with E-state index in [0.29, 0.717) is 6.42 Å². The Hall–Kier alpha value is -0.650. The molecule has 0 saturated heterocycles. The molecule has 0 spiro atoms. The lowest BCUT2D eigenvalue weighted by Gasteiger charge is -2.25. The van der Waals surface area contributed by atoms with E-state index >= 15 is 0 Å². The van der Waals surface area contributed by atoms with Crippen LogP contribution in [-0.4, -0.2) is 68.7 Å². The first-order valence-corrected chi connectivity index (χ1v) is 7.08. The summed E-state index contributed by atoms with van der Waals surface area (Å²) >= 11 is 0. The van der Waals surface area contributed by atoms with Crippen LogP contribution in [0.3, 0.4) is 0 Å². The van der Waals surface area contributed by atoms with Gasteiger partial charge in [-0.2, -0.15) is 0 Å². The predicted octanol–water partition coefficient (Wildman–Crippen LogP) is 0.931. The van der Waals surface area contributed by atoms with E-state index < -0.39 is 5.54 Å². The lowest BCUT2D eigenvalue weighted by atomic mass is 9.97. The maximum atomic E-state index is 11.5. The van der Waals surface area contributed by atoms with Gasteiger partial charge in [-0.05, 0) is 66.5 Å². The number of hydrogen-bond donors (Lipinski definition) is 1. The van der Waals surface area contributed by atoms with Gasteiger partial charge in [-0.15, -0.1) is 0 Å². The maximum absolute atomic E-state index is 11.5. The van der Waals surface area contributed by atoms with Crippen LogP contribution in [0.25, 0.3) is 0 Å². The molecule has 19 heavy (non-hydrogen) atoms. The first-order valence-electron chi connectivity index (χ1n) is 7.08. The highest BCUT2D eigenvalue weighted by Crippen LogP contribution is 2.11. The quantitative estimate of drug-likeness (QED) is 0.600. The standard InChI is InChI=1S/C14H31N3O2/c1-6-17(12-8-10-16(3)4)11-7-9-14(2,15)13(18)19-5/h6-12,15H2,1-5H3. The summed E-state index contributed by atoms with van der Waals surface area (Å²) < 4.78 is 4.71. The fourth-order valence-electron chi connectivity index (χ4n) is 2.04. The van der Waals surface area contributed by atoms with Crippen molar-refractivity contribution < 1.29 is 9.53 Å². The molecular weight excluding hydrogens is 242 g/mol. The van der Waals surface area contributed by atoms with Gasteiger partial charge < -0.3 is 20.3 Å². The van der Waals surface area contributed by atoms with Crippen LogP contribution in [-0.2, 0) is 9.53 Å². The zero-order valence-electron chi connectivity index (χ0n) is 13.2. The second-order valence-corrected chi connectivity index (χ2v) is 5.60. The summed E-state index contributed by atoms with van der Waals surface area (Å²) in [7, 11) is 5.56. The summed E-state index contributed by atoms with van der Waals surface area (Å²) in [5.41, 5.74) is 5.08. The molecular formula is C14H31N3O2. The van der Waals surface area contributed by atoms with Crippen molar-refractivity contribution in [1.29, 1.82) is 0 Å². The summed E-state index contributed by atoms with van der Waals surface area (Å²) in [4.78, 5) is 16.1. The number of rotatable bonds is 10. The van der Waals surface area contributed by atoms with Crippen LogP contribution in [0.5, 0.6) is 0 Å². The average Bonchev–Trinajstić information content (AvgIpc) is 2.35. The average molecular weight is 273 g/mol. The summed E-state index contributed by atoms with van der Waals surface area (Å²) in [6.45, 7) is 8.11. The number of methoxy groups -OCH3 is 1. The topological polar surface area (TPSA) is 58.8 Å². The van der Waals surface area contributed by atoms with Crippen molar-refractivity contribution in [3.05, 3.63) is 0 Å². The largest absolute Gasteiger partial charge is 0.468 e. The number of nitrogens with zero attached hydrogens (tertiary/aromatic N) is 2. The van der Waals surface area contributed by atoms with Crippen LogP contribution in [0.15, 0.2) is 0 Å². The van der Waals surface area contributed by atoms with Crippen LogP contribution in [0.4, 0.5) is 0 Å². The van der Waals surface area contributed by atoms with Gasteiger partial charge in [-0.1, -0.05) is 6.92 Å². The highest BCUT2D eigenvalue weighted by molar-refractivity contribution is 5.79. The van der Waals surface area contributed by atoms with Crippen LogP contribution >= 0.6 is 0 Å². The third-order valence-corrected chi connectivity index (χ3v) is 3.35. The van der Waals surface area contributed by atoms with Crippen molar-refractivity contribution in [3.8, 4) is 0 Å². The van der Waals surface area contributed by atoms with Gasteiger partial charge in [0.25, 0.3) is 0 Å². The minimum Gasteiger partial charge on any atom is -0.468 e. The molecule has 0 fully saturated rings. The van der Waals surface area contributed by atoms with Crippen LogP contribution in [0, 0.1) is 0 Å². The maximum Gasteiger partial charge on any atom is 0.325 e. The zero-order valence-corrected chi connectivity index (χ0v) is 13.2. The van der Waals surface area contributed by atoms with Crippen molar-refractivity contribution in [3.63, 3.8) is 0 Å². The molecule has 0 saturated carbocycles. The fourth-order valence-corrected chi connectivity index (χ4v) is 2.04. The second kappa shape index (κ2) is 9.28. The van der Waals surface area contributed by atoms with E-state index in [1.807, 2.05) is 0 Å². The third-order valence-electron chi connectivity index (χ3n) is 3.35. The van der Waals surface area contributed by atoms with Crippen molar-refractivity contribution >= 4 is 5.97 Å². The second-order valence-electron chi connectivity index (χ2n) is 5.60. The minimum absolute atomic E-state index is 0.330. The highest BCUT2D eigenvalue weighted by Gasteiger charge is 2.28. The smallest absolute Gasteiger partial charge is 0.325 e. The van der Waals surface area contributed by atoms with Gasteiger partial charge in [0.1, 0.15) is 5.54 Å². The Morgan fingerprint density at radius 2 is 1.79 bits per heavy atom. The van der Waals surface area contributed by atoms with Gasteiger partial charge in [-0.25, -0.2) is 0 Å². The lowest BCUT2D eigenvalue weighted by molar-refractivity contribution is -0.146. The van der Waals surface area contributed by atoms with Crippen molar-refractivity contribution in [2.24, 2.45) is 5.73 Å². The molecule has 0 bridgehead atoms. The summed E-state index contributed by atoms with van der Waals surface area (Å²) in [5, 5.41) is 0. The molecule has 0 aliphatic heterocycles. The van der Waals surface area contributed by atoms with Gasteiger partial charge in [0, 0.05) is 0 Å². The van der Waals surface area contributed by atoms with E-state index in [2.05, 4.69) is 30.8 Å². The van der Waals surface area contributed by atoms with Gasteiger partial charge in [0.05, 0.1) is 7.11 Å². The number of esters is 1. The van der Waals surface area contributed by atoms with Crippen molar-refractivity contribution in [2.45, 2.75) is 38.6 Å². The van der Waals surface area contributed by atoms with Crippen LogP contribution in [0.1, 0.15) is 33.1 Å². The molecule has 0 aromatic carbocycles. The SMILES string of the molecule is CCN(CCCN(C)C)CCCC(C)(N)C(=O)OC. The molecule has 5 heteroatoms. The summed E-state index contributed by atoms with van der Waals surface area (Å²) in [6, 6.07) is 0. The van der Waals surface area contributed by atoms with E-state index in [1.165, 1.54) is 7.11 Å². The first-order chi connectivity index (χ1) is 8.83. The predicted molar refractivity (Wildman–Crippen MR) is 79.1 cm³/mol. The van der Waals surface area contributed by atoms with E-state index in [0.717, 1.165) is 39.0 Å². The van der Waals surface area contributed by atoms with Gasteiger partial charge in [-0.3, -0.25) is 4.79 Å². The highest BCUT2D eigenvalue weighted by atomic mass is 16.5. The molecule has 0 aromatic heterocycles. The molecule has 0 heterocycles. The molecule has 0 aromatic rings. The fraction of sp³-hybridized carbons (Fsp3) is 0.929. The number of hydrogen-bond acceptors (Lipinski definition) is 5. The van der Waals surface area contributed by atoms with E-state index in [-0.39, 0.29) is 5.97 Å². The Kier molecular flexibility index (Phi) is 8.97. The van der Waals surface area contributed by atoms with Crippen LogP contribution in [0.2, 0.25) is 0 Å². The molecule has 1 unspecified atom stereocenters. The van der Waals surface area contributed by atoms with Crippen molar-refractivity contribution in [1.82, 2.24) is 9.80 Å². The molecule has 5 nitrogen and oxygen atoms in total. The van der Waals surface area contributed by atoms with Gasteiger partial charge in [0.15, 0.2) is 0 Å². The first kappa shape index (κ1) is 18.4. The van der Waals surface area contributed by atoms with E-state index in [4.69, 9.17) is 10.5 Å². The Bertz CT molecular complexity index is 255. The molecule has 0 rings (SSSR count). The number of nitrogens with two attached hydrogens (primary N) is 1. The van der Waals surface area contributed by atoms with Gasteiger partial charge >= 0.3 is 5.97 Å². The van der Waals surface area contributed by atoms with Crippen LogP contribution < -0.4 is 5.73 Å². The Morgan fingerprint density at radius 3 is 2.26 bits per heavy atom. The normalized spacial score (nSPS) is 14.7. The summed E-state index contributed by atoms with van der Waals surface area (Å²) in [6.07, 6.45) is 2.74. The van der Waals surface area contributed by atoms with E-state index in [1.54, 1.807) is 6.92 Å². The molecule has 0 aliphatic carbocycles. The number of carbonyl (C=O) groups is 1. The summed E-state index contributed by atoms with van der Waals surface area (Å²) in [5.74, 6) is -0.330. The molecule has 0 aliphatic rings. The molecule has 0 radical (unpaired) electrons. The molecule has 114 valence electrons. The Balaban J connectivity index is 3.92.